The first-order valence-electron chi connectivity index (χ1n) is 30.6. The minimum atomic E-state index is -0.429. The van der Waals surface area contributed by atoms with Crippen LogP contribution in [0.4, 0.5) is 9.59 Å². The van der Waals surface area contributed by atoms with E-state index in [4.69, 9.17) is 28.4 Å². The van der Waals surface area contributed by atoms with E-state index in [0.29, 0.717) is 174 Å². The first kappa shape index (κ1) is 69.8. The SMILES string of the molecule is CCC(=O)NCCCCCCNC(=O)c1cc(C(=O)NCCCOCCOCCOCCCNC(=O)CCCCC2SCC3NC(=O)NC32)cc(C(=O)NCCCOCCOCCOCCCNC(=O)CCCCC2SCC3NC(=O)NC32)c1. The summed E-state index contributed by atoms with van der Waals surface area (Å²) >= 11 is 3.78. The van der Waals surface area contributed by atoms with Gasteiger partial charge in [0.2, 0.25) is 17.7 Å². The molecule has 0 spiro atoms. The maximum Gasteiger partial charge on any atom is 0.315 e. The van der Waals surface area contributed by atoms with Crippen LogP contribution < -0.4 is 53.2 Å². The van der Waals surface area contributed by atoms with E-state index in [0.717, 1.165) is 75.7 Å². The third-order valence-electron chi connectivity index (χ3n) is 14.5. The fourth-order valence-corrected chi connectivity index (χ4v) is 12.9. The molecule has 5 rings (SSSR count). The zero-order valence-corrected chi connectivity index (χ0v) is 51.0. The molecule has 4 aliphatic rings. The summed E-state index contributed by atoms with van der Waals surface area (Å²) in [7, 11) is 0. The molecule has 4 heterocycles. The van der Waals surface area contributed by atoms with Crippen molar-refractivity contribution in [2.45, 2.75) is 151 Å². The van der Waals surface area contributed by atoms with E-state index in [9.17, 15) is 38.4 Å². The second-order valence-corrected chi connectivity index (χ2v) is 23.8. The molecule has 4 aliphatic heterocycles. The normalized spacial score (nSPS) is 19.3. The summed E-state index contributed by atoms with van der Waals surface area (Å²) in [5.74, 6) is 0.732. The van der Waals surface area contributed by atoms with Crippen molar-refractivity contribution in [1.29, 1.82) is 0 Å². The van der Waals surface area contributed by atoms with E-state index in [1.54, 1.807) is 0 Å². The number of hydrogen-bond donors (Lipinski definition) is 10. The summed E-state index contributed by atoms with van der Waals surface area (Å²) in [4.78, 5) is 99.1. The Morgan fingerprint density at radius 3 is 1.10 bits per heavy atom. The number of thioether (sulfide) groups is 2. The van der Waals surface area contributed by atoms with E-state index < -0.39 is 17.7 Å². The molecule has 474 valence electrons. The number of ether oxygens (including phenoxy) is 6. The Morgan fingerprint density at radius 2 is 0.726 bits per heavy atom. The van der Waals surface area contributed by atoms with Crippen LogP contribution in [0.25, 0.3) is 0 Å². The quantitative estimate of drug-likeness (QED) is 0.0331. The smallest absolute Gasteiger partial charge is 0.315 e. The van der Waals surface area contributed by atoms with Crippen LogP contribution in [0.3, 0.4) is 0 Å². The molecule has 6 unspecified atom stereocenters. The maximum atomic E-state index is 13.4. The molecule has 0 aliphatic carbocycles. The second kappa shape index (κ2) is 42.8. The van der Waals surface area contributed by atoms with Crippen molar-refractivity contribution >= 4 is 71.0 Å². The minimum Gasteiger partial charge on any atom is -0.379 e. The number of rotatable bonds is 49. The third-order valence-corrected chi connectivity index (χ3v) is 17.5. The highest BCUT2D eigenvalue weighted by Gasteiger charge is 2.43. The van der Waals surface area contributed by atoms with Gasteiger partial charge in [0.1, 0.15) is 0 Å². The van der Waals surface area contributed by atoms with E-state index in [-0.39, 0.29) is 70.6 Å². The molecule has 10 amide bonds. The fraction of sp³-hybridized carbons (Fsp3) is 0.759. The Kier molecular flexibility index (Phi) is 35.6. The van der Waals surface area contributed by atoms with Gasteiger partial charge in [-0.25, -0.2) is 9.59 Å². The fourth-order valence-electron chi connectivity index (χ4n) is 9.85. The Hall–Kier alpha value is -4.96. The van der Waals surface area contributed by atoms with Crippen LogP contribution in [0.5, 0.6) is 0 Å². The first-order valence-corrected chi connectivity index (χ1v) is 32.7. The number of carbonyl (C=O) groups is 8. The van der Waals surface area contributed by atoms with Crippen LogP contribution in [0.15, 0.2) is 18.2 Å². The lowest BCUT2D eigenvalue weighted by Gasteiger charge is -2.16. The summed E-state index contributed by atoms with van der Waals surface area (Å²) in [5.41, 5.74) is 0.545. The van der Waals surface area contributed by atoms with Crippen molar-refractivity contribution in [3.63, 3.8) is 0 Å². The highest BCUT2D eigenvalue weighted by molar-refractivity contribution is 8.00. The highest BCUT2D eigenvalue weighted by Crippen LogP contribution is 2.34. The summed E-state index contributed by atoms with van der Waals surface area (Å²) in [6.07, 6.45) is 12.8. The lowest BCUT2D eigenvalue weighted by molar-refractivity contribution is -0.122. The van der Waals surface area contributed by atoms with Crippen LogP contribution in [0.2, 0.25) is 0 Å². The molecule has 26 heteroatoms. The van der Waals surface area contributed by atoms with Crippen molar-refractivity contribution in [3.8, 4) is 0 Å². The van der Waals surface area contributed by atoms with Crippen molar-refractivity contribution in [2.75, 3.05) is 130 Å². The van der Waals surface area contributed by atoms with Crippen LogP contribution in [-0.2, 0) is 42.8 Å². The standard InChI is InChI=1S/C58H96N10O14S2/c1-2-49(69)59-19-9-3-4-10-20-62-54(72)42-37-43(55(73)63-23-13-27-79-31-35-81-33-29-77-25-11-21-60-50(70)17-7-5-15-47-52-45(40-83-47)65-57(75)67-52)39-44(38-42)56(74)64-24-14-28-80-32-36-82-34-30-78-26-12-22-61-51(71)18-8-6-16-48-53-46(41-84-48)66-58(76)68-53/h37-39,45-48,52-53H,2-36,40-41H2,1H3,(H,59,69)(H,60,70)(H,61,71)(H,62,72)(H,63,73)(H,64,74)(H2,65,67,75)(H2,66,68,76). The molecular formula is C58H96N10O14S2. The van der Waals surface area contributed by atoms with Crippen LogP contribution >= 0.6 is 23.5 Å². The zero-order chi connectivity index (χ0) is 59.8. The zero-order valence-electron chi connectivity index (χ0n) is 49.4. The van der Waals surface area contributed by atoms with Gasteiger partial charge in [-0.2, -0.15) is 23.5 Å². The molecule has 24 nitrogen and oxygen atoms in total. The number of carbonyl (C=O) groups excluding carboxylic acids is 8. The monoisotopic (exact) mass is 1220 g/mol. The molecule has 0 radical (unpaired) electrons. The average Bonchev–Trinajstić information content (AvgIpc) is 4.36. The van der Waals surface area contributed by atoms with Gasteiger partial charge in [0.25, 0.3) is 17.7 Å². The average molecular weight is 1220 g/mol. The molecule has 4 saturated heterocycles. The van der Waals surface area contributed by atoms with E-state index in [1.165, 1.54) is 18.2 Å². The van der Waals surface area contributed by atoms with Crippen LogP contribution in [-0.4, -0.2) is 212 Å². The van der Waals surface area contributed by atoms with Gasteiger partial charge < -0.3 is 81.6 Å². The number of unbranched alkanes of at least 4 members (excludes halogenated alkanes) is 5. The molecule has 0 saturated carbocycles. The second-order valence-electron chi connectivity index (χ2n) is 21.2. The van der Waals surface area contributed by atoms with Gasteiger partial charge in [-0.15, -0.1) is 0 Å². The summed E-state index contributed by atoms with van der Waals surface area (Å²) in [5, 5.41) is 30.1. The Balaban J connectivity index is 0.849. The summed E-state index contributed by atoms with van der Waals surface area (Å²) < 4.78 is 33.8. The van der Waals surface area contributed by atoms with Crippen molar-refractivity contribution in [3.05, 3.63) is 34.9 Å². The summed E-state index contributed by atoms with van der Waals surface area (Å²) in [6, 6.07) is 5.12. The first-order chi connectivity index (χ1) is 41.0. The molecule has 84 heavy (non-hydrogen) atoms. The molecule has 0 bridgehead atoms. The predicted molar refractivity (Wildman–Crippen MR) is 323 cm³/mol. The maximum absolute atomic E-state index is 13.4. The number of benzene rings is 1. The molecule has 4 fully saturated rings. The minimum absolute atomic E-state index is 0.0247. The number of hydrogen-bond acceptors (Lipinski definition) is 16. The number of fused-ring (bicyclic) bond motifs is 2. The Labute approximate surface area is 504 Å². The van der Waals surface area contributed by atoms with Crippen LogP contribution in [0.1, 0.15) is 147 Å². The summed E-state index contributed by atoms with van der Waals surface area (Å²) in [6.45, 7) is 9.54. The highest BCUT2D eigenvalue weighted by atomic mass is 32.2. The largest absolute Gasteiger partial charge is 0.379 e. The van der Waals surface area contributed by atoms with E-state index in [1.807, 2.05) is 30.4 Å². The predicted octanol–water partition coefficient (Wildman–Crippen LogP) is 3.31. The number of urea groups is 2. The number of nitrogens with one attached hydrogen (secondary N) is 10. The molecule has 0 aromatic heterocycles. The molecule has 6 atom stereocenters. The molecule has 10 N–H and O–H groups in total. The van der Waals surface area contributed by atoms with Gasteiger partial charge in [-0.05, 0) is 82.4 Å². The van der Waals surface area contributed by atoms with Gasteiger partial charge in [0.05, 0.1) is 77.0 Å². The topological polar surface area (TPSA) is 312 Å². The number of amides is 10. The van der Waals surface area contributed by atoms with Gasteiger partial charge in [0.15, 0.2) is 0 Å². The van der Waals surface area contributed by atoms with Gasteiger partial charge in [-0.3, -0.25) is 28.8 Å². The van der Waals surface area contributed by atoms with E-state index in [2.05, 4.69) is 53.2 Å². The molecule has 1 aromatic rings. The van der Waals surface area contributed by atoms with E-state index >= 15 is 0 Å². The Bertz CT molecular complexity index is 2030. The lowest BCUT2D eigenvalue weighted by atomic mass is 10.0. The van der Waals surface area contributed by atoms with Gasteiger partial charge in [-0.1, -0.05) is 32.6 Å². The van der Waals surface area contributed by atoms with Crippen molar-refractivity contribution in [2.24, 2.45) is 0 Å². The van der Waals surface area contributed by atoms with Gasteiger partial charge in [0, 0.05) is 124 Å². The third kappa shape index (κ3) is 29.0. The van der Waals surface area contributed by atoms with Gasteiger partial charge >= 0.3 is 12.1 Å². The Morgan fingerprint density at radius 1 is 0.405 bits per heavy atom. The van der Waals surface area contributed by atoms with Crippen LogP contribution in [0, 0.1) is 0 Å². The molecule has 1 aromatic carbocycles. The van der Waals surface area contributed by atoms with Crippen molar-refractivity contribution in [1.82, 2.24) is 53.2 Å². The lowest BCUT2D eigenvalue weighted by Crippen LogP contribution is -2.36. The van der Waals surface area contributed by atoms with Crippen molar-refractivity contribution < 1.29 is 66.8 Å². The molecular weight excluding hydrogens is 1120 g/mol.